The van der Waals surface area contributed by atoms with Crippen molar-refractivity contribution in [3.05, 3.63) is 164 Å². The first kappa shape index (κ1) is 28.9. The zero-order valence-electron chi connectivity index (χ0n) is 27.2. The van der Waals surface area contributed by atoms with Crippen molar-refractivity contribution in [1.82, 2.24) is 34.5 Å². The first-order chi connectivity index (χ1) is 25.3. The van der Waals surface area contributed by atoms with Crippen LogP contribution in [0.2, 0.25) is 0 Å². The molecule has 0 spiro atoms. The van der Waals surface area contributed by atoms with E-state index in [0.29, 0.717) is 17.5 Å². The maximum atomic E-state index is 5.27. The van der Waals surface area contributed by atoms with E-state index in [4.69, 9.17) is 19.9 Å². The Morgan fingerprint density at radius 3 is 1.67 bits per heavy atom. The molecule has 5 heterocycles. The van der Waals surface area contributed by atoms with Crippen LogP contribution in [0.4, 0.5) is 0 Å². The highest BCUT2D eigenvalue weighted by Crippen LogP contribution is 2.42. The number of benzene rings is 5. The summed E-state index contributed by atoms with van der Waals surface area (Å²) in [5.74, 6) is 1.68. The molecule has 0 bridgehead atoms. The fourth-order valence-corrected chi connectivity index (χ4v) is 7.11. The van der Waals surface area contributed by atoms with E-state index in [1.54, 1.807) is 24.8 Å². The molecule has 238 valence electrons. The zero-order valence-corrected chi connectivity index (χ0v) is 27.2. The highest BCUT2D eigenvalue weighted by molar-refractivity contribution is 6.29. The van der Waals surface area contributed by atoms with E-state index in [1.807, 2.05) is 24.3 Å². The van der Waals surface area contributed by atoms with Crippen molar-refractivity contribution in [1.29, 1.82) is 0 Å². The van der Waals surface area contributed by atoms with Crippen LogP contribution in [0.3, 0.4) is 0 Å². The van der Waals surface area contributed by atoms with Crippen molar-refractivity contribution >= 4 is 43.5 Å². The fourth-order valence-electron chi connectivity index (χ4n) is 7.11. The number of para-hydroxylation sites is 3. The summed E-state index contributed by atoms with van der Waals surface area (Å²) in [5.41, 5.74) is 8.86. The zero-order chi connectivity index (χ0) is 33.7. The second-order valence-electron chi connectivity index (χ2n) is 12.4. The summed E-state index contributed by atoms with van der Waals surface area (Å²) >= 11 is 0. The van der Waals surface area contributed by atoms with Gasteiger partial charge in [0.15, 0.2) is 17.5 Å². The minimum absolute atomic E-state index is 0.553. The Balaban J connectivity index is 1.17. The lowest BCUT2D eigenvalue weighted by Crippen LogP contribution is -2.00. The van der Waals surface area contributed by atoms with Crippen molar-refractivity contribution in [3.8, 4) is 51.1 Å². The Morgan fingerprint density at radius 1 is 0.373 bits per heavy atom. The smallest absolute Gasteiger partial charge is 0.165 e. The van der Waals surface area contributed by atoms with Crippen LogP contribution in [0.15, 0.2) is 164 Å². The van der Waals surface area contributed by atoms with Gasteiger partial charge in [-0.2, -0.15) is 0 Å². The molecule has 0 saturated carbocycles. The standard InChI is InChI=1S/C44H27N7/c1-2-12-32(13-3-1)51-37-17-7-5-15-34(37)40-38(51)23-22-35-39(40)33-14-4-6-16-36(33)47-41(35)28-18-20-29(21-19-28)42-48-43(30-10-8-24-45-26-30)50-44(49-42)31-11-9-25-46-27-31/h1-27H. The van der Waals surface area contributed by atoms with E-state index < -0.39 is 0 Å². The van der Waals surface area contributed by atoms with Crippen molar-refractivity contribution in [3.63, 3.8) is 0 Å². The molecule has 10 rings (SSSR count). The van der Waals surface area contributed by atoms with E-state index in [2.05, 4.69) is 130 Å². The van der Waals surface area contributed by atoms with Gasteiger partial charge >= 0.3 is 0 Å². The van der Waals surface area contributed by atoms with Crippen molar-refractivity contribution in [2.45, 2.75) is 0 Å². The van der Waals surface area contributed by atoms with Gasteiger partial charge in [-0.3, -0.25) is 9.97 Å². The van der Waals surface area contributed by atoms with Crippen molar-refractivity contribution in [2.24, 2.45) is 0 Å². The second kappa shape index (κ2) is 11.8. The molecule has 0 radical (unpaired) electrons. The molecule has 0 amide bonds. The van der Waals surface area contributed by atoms with Gasteiger partial charge in [-0.05, 0) is 54.6 Å². The normalized spacial score (nSPS) is 11.5. The summed E-state index contributed by atoms with van der Waals surface area (Å²) in [7, 11) is 0. The summed E-state index contributed by atoms with van der Waals surface area (Å²) in [6.07, 6.45) is 7.01. The number of hydrogen-bond donors (Lipinski definition) is 0. The van der Waals surface area contributed by atoms with Crippen LogP contribution in [0.5, 0.6) is 0 Å². The first-order valence-electron chi connectivity index (χ1n) is 16.8. The lowest BCUT2D eigenvalue weighted by atomic mass is 9.96. The van der Waals surface area contributed by atoms with Gasteiger partial charge in [0, 0.05) is 79.7 Å². The molecule has 10 aromatic rings. The number of hydrogen-bond acceptors (Lipinski definition) is 6. The minimum Gasteiger partial charge on any atom is -0.309 e. The molecular formula is C44H27N7. The van der Waals surface area contributed by atoms with Gasteiger partial charge in [0.1, 0.15) is 0 Å². The molecule has 0 N–H and O–H groups in total. The van der Waals surface area contributed by atoms with Crippen LogP contribution < -0.4 is 0 Å². The highest BCUT2D eigenvalue weighted by Gasteiger charge is 2.20. The Labute approximate surface area is 292 Å². The van der Waals surface area contributed by atoms with E-state index >= 15 is 0 Å². The Hall–Kier alpha value is -7.12. The largest absolute Gasteiger partial charge is 0.309 e. The Morgan fingerprint density at radius 2 is 0.980 bits per heavy atom. The summed E-state index contributed by atoms with van der Waals surface area (Å²) in [5, 5.41) is 5.86. The van der Waals surface area contributed by atoms with E-state index in [0.717, 1.165) is 55.4 Å². The number of rotatable bonds is 5. The lowest BCUT2D eigenvalue weighted by Gasteiger charge is -2.13. The Bertz CT molecular complexity index is 2830. The van der Waals surface area contributed by atoms with Gasteiger partial charge in [0.05, 0.1) is 22.2 Å². The third kappa shape index (κ3) is 4.82. The number of fused-ring (bicyclic) bond motifs is 7. The molecular weight excluding hydrogens is 627 g/mol. The maximum absolute atomic E-state index is 5.27. The van der Waals surface area contributed by atoms with Crippen molar-refractivity contribution in [2.75, 3.05) is 0 Å². The number of nitrogens with zero attached hydrogens (tertiary/aromatic N) is 7. The monoisotopic (exact) mass is 653 g/mol. The predicted molar refractivity (Wildman–Crippen MR) is 204 cm³/mol. The average Bonchev–Trinajstić information content (AvgIpc) is 3.56. The molecule has 0 atom stereocenters. The lowest BCUT2D eigenvalue weighted by molar-refractivity contribution is 1.07. The van der Waals surface area contributed by atoms with Crippen LogP contribution in [0, 0.1) is 0 Å². The summed E-state index contributed by atoms with van der Waals surface area (Å²) in [4.78, 5) is 28.4. The van der Waals surface area contributed by atoms with Crippen molar-refractivity contribution < 1.29 is 0 Å². The minimum atomic E-state index is 0.553. The average molecular weight is 654 g/mol. The quantitative estimate of drug-likeness (QED) is 0.172. The Kier molecular flexibility index (Phi) is 6.67. The van der Waals surface area contributed by atoms with Crippen LogP contribution in [-0.4, -0.2) is 34.5 Å². The summed E-state index contributed by atoms with van der Waals surface area (Å²) < 4.78 is 2.36. The molecule has 7 heteroatoms. The van der Waals surface area contributed by atoms with Crippen LogP contribution in [0.1, 0.15) is 0 Å². The maximum Gasteiger partial charge on any atom is 0.165 e. The molecule has 0 saturated heterocycles. The van der Waals surface area contributed by atoms with E-state index in [9.17, 15) is 0 Å². The highest BCUT2D eigenvalue weighted by atomic mass is 15.0. The van der Waals surface area contributed by atoms with Gasteiger partial charge in [0.25, 0.3) is 0 Å². The molecule has 51 heavy (non-hydrogen) atoms. The van der Waals surface area contributed by atoms with Gasteiger partial charge in [-0.1, -0.05) is 84.9 Å². The third-order valence-electron chi connectivity index (χ3n) is 9.41. The van der Waals surface area contributed by atoms with Gasteiger partial charge < -0.3 is 4.57 Å². The van der Waals surface area contributed by atoms with Crippen LogP contribution >= 0.6 is 0 Å². The molecule has 0 aliphatic rings. The SMILES string of the molecule is c1ccc(-n2c3ccccc3c3c4c(ccc32)c(-c2ccc(-c3nc(-c5cccnc5)nc(-c5cccnc5)n3)cc2)nc2ccccc24)cc1. The summed E-state index contributed by atoms with van der Waals surface area (Å²) in [6.45, 7) is 0. The number of pyridine rings is 3. The van der Waals surface area contributed by atoms with Gasteiger partial charge in [0.2, 0.25) is 0 Å². The summed E-state index contributed by atoms with van der Waals surface area (Å²) in [6, 6.07) is 48.2. The molecule has 0 fully saturated rings. The molecule has 0 aliphatic carbocycles. The van der Waals surface area contributed by atoms with E-state index in [1.165, 1.54) is 21.7 Å². The van der Waals surface area contributed by atoms with E-state index in [-0.39, 0.29) is 0 Å². The second-order valence-corrected chi connectivity index (χ2v) is 12.4. The molecule has 5 aromatic heterocycles. The first-order valence-corrected chi connectivity index (χ1v) is 16.8. The molecule has 7 nitrogen and oxygen atoms in total. The van der Waals surface area contributed by atoms with Gasteiger partial charge in [-0.25, -0.2) is 19.9 Å². The molecule has 0 aliphatic heterocycles. The topological polar surface area (TPSA) is 82.3 Å². The predicted octanol–water partition coefficient (Wildman–Crippen LogP) is 10.1. The molecule has 0 unspecified atom stereocenters. The van der Waals surface area contributed by atoms with Gasteiger partial charge in [-0.15, -0.1) is 0 Å². The number of aromatic nitrogens is 7. The van der Waals surface area contributed by atoms with Crippen LogP contribution in [-0.2, 0) is 0 Å². The molecule has 5 aromatic carbocycles. The third-order valence-corrected chi connectivity index (χ3v) is 9.41. The fraction of sp³-hybridized carbons (Fsp3) is 0. The van der Waals surface area contributed by atoms with Crippen LogP contribution in [0.25, 0.3) is 94.6 Å².